The Bertz CT molecular complexity index is 897. The van der Waals surface area contributed by atoms with Crippen LogP contribution >= 0.6 is 0 Å². The van der Waals surface area contributed by atoms with Crippen molar-refractivity contribution in [1.82, 2.24) is 10.6 Å². The fourth-order valence-corrected chi connectivity index (χ4v) is 7.64. The summed E-state index contributed by atoms with van der Waals surface area (Å²) in [4.78, 5) is 39.8. The second-order valence-corrected chi connectivity index (χ2v) is 15.0. The van der Waals surface area contributed by atoms with Gasteiger partial charge in [-0.15, -0.1) is 0 Å². The number of hydrogen-bond donors (Lipinski definition) is 3. The number of ether oxygens (including phenoxy) is 2. The fraction of sp³-hybridized carbons (Fsp3) is 0.914. The van der Waals surface area contributed by atoms with Crippen LogP contribution < -0.4 is 10.6 Å². The second-order valence-electron chi connectivity index (χ2n) is 15.0. The summed E-state index contributed by atoms with van der Waals surface area (Å²) in [5.74, 6) is -2.14. The van der Waals surface area contributed by atoms with E-state index in [-0.39, 0.29) is 35.6 Å². The van der Waals surface area contributed by atoms with Crippen LogP contribution in [0.25, 0.3) is 0 Å². The average molecular weight is 607 g/mol. The van der Waals surface area contributed by atoms with E-state index in [0.717, 1.165) is 64.2 Å². The maximum absolute atomic E-state index is 14.1. The van der Waals surface area contributed by atoms with E-state index in [2.05, 4.69) is 17.6 Å². The number of carbonyl (C=O) groups is 3. The number of hydrogen-bond acceptors (Lipinski definition) is 5. The Kier molecular flexibility index (Phi) is 13.8. The molecule has 4 atom stereocenters. The first-order valence-electron chi connectivity index (χ1n) is 17.5. The van der Waals surface area contributed by atoms with Gasteiger partial charge in [0.1, 0.15) is 6.10 Å². The molecule has 1 heterocycles. The zero-order chi connectivity index (χ0) is 31.5. The number of unbranched alkanes of at least 4 members (excludes halogenated alkanes) is 7. The Hall–Kier alpha value is -1.67. The predicted octanol–water partition coefficient (Wildman–Crippen LogP) is 7.28. The standard InChI is InChI=1S/C35H62N2O6/c1-6-7-8-9-10-11-12-16-21-35(22-17-13-18-23-35)32(41)37-27-20-15-14-19-26(27)28(24-29(38)39)36-31(40)30-33(2,3)25-42-34(4,5)43-30/h26-28,30H,6-25H2,1-5H3,(H,36,40)(H,37,41)(H,38,39). The molecule has 8 heteroatoms. The highest BCUT2D eigenvalue weighted by molar-refractivity contribution is 5.84. The van der Waals surface area contributed by atoms with Crippen LogP contribution in [0.15, 0.2) is 0 Å². The number of carboxylic acid groups (broad SMARTS) is 1. The molecule has 43 heavy (non-hydrogen) atoms. The summed E-state index contributed by atoms with van der Waals surface area (Å²) >= 11 is 0. The molecule has 3 fully saturated rings. The molecule has 2 saturated carbocycles. The highest BCUT2D eigenvalue weighted by atomic mass is 16.7. The van der Waals surface area contributed by atoms with Gasteiger partial charge in [0.05, 0.1) is 13.0 Å². The Balaban J connectivity index is 1.67. The van der Waals surface area contributed by atoms with Crippen LogP contribution in [-0.4, -0.2) is 53.5 Å². The molecule has 4 unspecified atom stereocenters. The van der Waals surface area contributed by atoms with E-state index >= 15 is 0 Å². The molecule has 0 radical (unpaired) electrons. The number of aliphatic carboxylic acids is 1. The third-order valence-corrected chi connectivity index (χ3v) is 10.3. The summed E-state index contributed by atoms with van der Waals surface area (Å²) in [5.41, 5.74) is -0.879. The number of rotatable bonds is 16. The normalized spacial score (nSPS) is 27.1. The van der Waals surface area contributed by atoms with Crippen LogP contribution in [0.4, 0.5) is 0 Å². The Morgan fingerprint density at radius 3 is 2.14 bits per heavy atom. The molecule has 8 nitrogen and oxygen atoms in total. The molecule has 0 aromatic rings. The van der Waals surface area contributed by atoms with E-state index in [0.29, 0.717) is 6.61 Å². The smallest absolute Gasteiger partial charge is 0.305 e. The molecule has 0 bridgehead atoms. The minimum Gasteiger partial charge on any atom is -0.481 e. The van der Waals surface area contributed by atoms with Gasteiger partial charge < -0.3 is 25.2 Å². The maximum atomic E-state index is 14.1. The van der Waals surface area contributed by atoms with Gasteiger partial charge in [-0.2, -0.15) is 0 Å². The lowest BCUT2D eigenvalue weighted by Gasteiger charge is -2.46. The summed E-state index contributed by atoms with van der Waals surface area (Å²) < 4.78 is 11.8. The molecule has 2 aliphatic carbocycles. The number of carbonyl (C=O) groups excluding carboxylic acids is 2. The van der Waals surface area contributed by atoms with E-state index in [9.17, 15) is 19.5 Å². The minimum atomic E-state index is -0.952. The van der Waals surface area contributed by atoms with Crippen molar-refractivity contribution in [2.45, 2.75) is 181 Å². The predicted molar refractivity (Wildman–Crippen MR) is 170 cm³/mol. The molecule has 0 spiro atoms. The van der Waals surface area contributed by atoms with Gasteiger partial charge in [-0.3, -0.25) is 14.4 Å². The molecule has 1 saturated heterocycles. The van der Waals surface area contributed by atoms with Gasteiger partial charge in [-0.25, -0.2) is 0 Å². The molecule has 3 N–H and O–H groups in total. The van der Waals surface area contributed by atoms with Gasteiger partial charge >= 0.3 is 5.97 Å². The third-order valence-electron chi connectivity index (χ3n) is 10.3. The van der Waals surface area contributed by atoms with Crippen molar-refractivity contribution in [3.05, 3.63) is 0 Å². The first-order chi connectivity index (χ1) is 20.4. The van der Waals surface area contributed by atoms with Crippen molar-refractivity contribution >= 4 is 17.8 Å². The van der Waals surface area contributed by atoms with E-state index in [4.69, 9.17) is 9.47 Å². The summed E-state index contributed by atoms with van der Waals surface area (Å²) in [6.45, 7) is 10.1. The molecule has 2 amide bonds. The SMILES string of the molecule is CCCCCCCCCCC1(C(=O)NC2CCCCC2C(CC(=O)O)NC(=O)C2OC(C)(C)OCC2(C)C)CCCCC1. The molecular weight excluding hydrogens is 544 g/mol. The highest BCUT2D eigenvalue weighted by Gasteiger charge is 2.47. The van der Waals surface area contributed by atoms with Crippen LogP contribution in [0, 0.1) is 16.7 Å². The Morgan fingerprint density at radius 1 is 0.860 bits per heavy atom. The van der Waals surface area contributed by atoms with Crippen molar-refractivity contribution in [1.29, 1.82) is 0 Å². The van der Waals surface area contributed by atoms with Gasteiger partial charge in [0.25, 0.3) is 0 Å². The monoisotopic (exact) mass is 606 g/mol. The Morgan fingerprint density at radius 2 is 1.49 bits per heavy atom. The lowest BCUT2D eigenvalue weighted by Crippen LogP contribution is -2.60. The second kappa shape index (κ2) is 16.6. The number of amides is 2. The number of nitrogens with one attached hydrogen (secondary N) is 2. The van der Waals surface area contributed by atoms with E-state index in [1.54, 1.807) is 13.8 Å². The quantitative estimate of drug-likeness (QED) is 0.159. The van der Waals surface area contributed by atoms with Gasteiger partial charge in [0.2, 0.25) is 11.8 Å². The zero-order valence-corrected chi connectivity index (χ0v) is 27.9. The van der Waals surface area contributed by atoms with Crippen molar-refractivity contribution in [3.8, 4) is 0 Å². The van der Waals surface area contributed by atoms with Gasteiger partial charge in [0, 0.05) is 22.9 Å². The van der Waals surface area contributed by atoms with Crippen LogP contribution in [0.1, 0.15) is 157 Å². The summed E-state index contributed by atoms with van der Waals surface area (Å²) in [6, 6.07) is -0.737. The fourth-order valence-electron chi connectivity index (χ4n) is 7.64. The Labute approximate surface area is 261 Å². The molecular formula is C35H62N2O6. The van der Waals surface area contributed by atoms with Crippen molar-refractivity contribution in [2.75, 3.05) is 6.61 Å². The number of carboxylic acids is 1. The van der Waals surface area contributed by atoms with Crippen molar-refractivity contribution in [3.63, 3.8) is 0 Å². The molecule has 3 aliphatic rings. The summed E-state index contributed by atoms with van der Waals surface area (Å²) in [5, 5.41) is 16.4. The third kappa shape index (κ3) is 10.7. The molecule has 1 aliphatic heterocycles. The largest absolute Gasteiger partial charge is 0.481 e. The van der Waals surface area contributed by atoms with Gasteiger partial charge in [0.15, 0.2) is 5.79 Å². The zero-order valence-electron chi connectivity index (χ0n) is 27.9. The molecule has 0 aromatic heterocycles. The molecule has 0 aromatic carbocycles. The van der Waals surface area contributed by atoms with Crippen LogP contribution in [-0.2, 0) is 23.9 Å². The van der Waals surface area contributed by atoms with Crippen LogP contribution in [0.5, 0.6) is 0 Å². The topological polar surface area (TPSA) is 114 Å². The molecule has 3 rings (SSSR count). The van der Waals surface area contributed by atoms with Gasteiger partial charge in [-0.05, 0) is 51.9 Å². The first kappa shape index (κ1) is 35.8. The highest BCUT2D eigenvalue weighted by Crippen LogP contribution is 2.42. The lowest BCUT2D eigenvalue weighted by atomic mass is 9.69. The van der Waals surface area contributed by atoms with E-state index < -0.39 is 29.3 Å². The van der Waals surface area contributed by atoms with Gasteiger partial charge in [-0.1, -0.05) is 104 Å². The summed E-state index contributed by atoms with van der Waals surface area (Å²) in [7, 11) is 0. The first-order valence-corrected chi connectivity index (χ1v) is 17.5. The minimum absolute atomic E-state index is 0.141. The lowest BCUT2D eigenvalue weighted by molar-refractivity contribution is -0.304. The van der Waals surface area contributed by atoms with Crippen molar-refractivity contribution in [2.24, 2.45) is 16.7 Å². The van der Waals surface area contributed by atoms with Crippen LogP contribution in [0.3, 0.4) is 0 Å². The van der Waals surface area contributed by atoms with E-state index in [1.807, 2.05) is 13.8 Å². The maximum Gasteiger partial charge on any atom is 0.305 e. The molecule has 248 valence electrons. The summed E-state index contributed by atoms with van der Waals surface area (Å²) in [6.07, 6.45) is 18.8. The average Bonchev–Trinajstić information content (AvgIpc) is 2.96. The van der Waals surface area contributed by atoms with Crippen LogP contribution in [0.2, 0.25) is 0 Å². The van der Waals surface area contributed by atoms with E-state index in [1.165, 1.54) is 51.4 Å². The van der Waals surface area contributed by atoms with Crippen molar-refractivity contribution < 1.29 is 29.0 Å².